The lowest BCUT2D eigenvalue weighted by Crippen LogP contribution is -2.42. The van der Waals surface area contributed by atoms with Gasteiger partial charge in [-0.05, 0) is 165 Å². The Hall–Kier alpha value is -13.4. The second-order valence-electron chi connectivity index (χ2n) is 29.3. The zero-order valence-corrected chi connectivity index (χ0v) is 71.0. The van der Waals surface area contributed by atoms with Gasteiger partial charge in [0.1, 0.15) is 55.2 Å². The van der Waals surface area contributed by atoms with Crippen LogP contribution in [0.25, 0.3) is 0 Å². The number of carbonyl (C=O) groups excluding carboxylic acids is 12. The number of methoxy groups -OCH3 is 4. The Kier molecular flexibility index (Phi) is 41.9. The van der Waals surface area contributed by atoms with Crippen molar-refractivity contribution in [3.63, 3.8) is 0 Å². The number of rotatable bonds is 50. The summed E-state index contributed by atoms with van der Waals surface area (Å²) in [6.07, 6.45) is 3.52. The van der Waals surface area contributed by atoms with Crippen molar-refractivity contribution in [3.05, 3.63) is 261 Å². The van der Waals surface area contributed by atoms with Crippen LogP contribution in [0.15, 0.2) is 194 Å². The molecule has 28 heteroatoms. The van der Waals surface area contributed by atoms with Crippen LogP contribution in [0.1, 0.15) is 183 Å². The summed E-state index contributed by atoms with van der Waals surface area (Å²) in [5.41, 5.74) is 12.1. The number of hydrogen-bond acceptors (Lipinski definition) is 20. The fraction of sp³-hybridized carbons (Fsp3) is 0.368. The standard InChI is InChI=1S/C63H77N5O13.C32H37N3O7/c1-5-54(69)52(28-16-19-35-65-62(75)80-42-46-24-11-7-12-25-46)67-59(72)51-38-49(31-33-58(51)78-4)40-56(71)53(29-17-20-36-66-63(76)81-43-47-26-13-8-14-27-47)68-60(73)50-37-48(30-32-57(50)77-3)39-55(70)44(2)21-15-18-34-64-61(74)79-41-45-22-9-6-10-23-45;1-21-12-14-29(41-3)25(17-21)31(38)35-26(27(36)19-23-13-15-28(40-2)24(18-23)30(33)37)11-7-8-16-34-32(39)42-20-22-9-5-4-6-10-22/h6-14,22-27,30-33,37-38,44,52-53H,5,15-21,28-29,34-36,39-43H2,1-4H3,(H,64,74)(H,65,75)(H,66,76)(H,67,72)(H,68,73);4-6,9-10,12-15,17-18,26H,7-8,11,16,19-20H2,1-3H3,(H2,33,37)(H,34,39)(H,35,38)/t44-,52-,53-;26-/m00/s1. The maximum Gasteiger partial charge on any atom is 0.407 e. The molecule has 8 amide bonds. The summed E-state index contributed by atoms with van der Waals surface area (Å²) >= 11 is 0. The average molecular weight is 1690 g/mol. The van der Waals surface area contributed by atoms with Gasteiger partial charge in [-0.25, -0.2) is 19.2 Å². The number of alkyl carbamates (subject to hydrolysis) is 4. The minimum Gasteiger partial charge on any atom is -0.496 e. The molecule has 0 aliphatic carbocycles. The molecule has 8 aromatic carbocycles. The molecular weight excluding hydrogens is 1570 g/mol. The maximum absolute atomic E-state index is 14.4. The molecule has 0 unspecified atom stereocenters. The summed E-state index contributed by atoms with van der Waals surface area (Å²) < 4.78 is 42.8. The number of aryl methyl sites for hydroxylation is 1. The second-order valence-corrected chi connectivity index (χ2v) is 29.3. The largest absolute Gasteiger partial charge is 0.496 e. The van der Waals surface area contributed by atoms with Crippen molar-refractivity contribution in [1.29, 1.82) is 0 Å². The van der Waals surface area contributed by atoms with Gasteiger partial charge in [0.25, 0.3) is 23.6 Å². The van der Waals surface area contributed by atoms with E-state index in [0.29, 0.717) is 124 Å². The van der Waals surface area contributed by atoms with Crippen LogP contribution >= 0.6 is 0 Å². The van der Waals surface area contributed by atoms with E-state index >= 15 is 0 Å². The average Bonchev–Trinajstić information content (AvgIpc) is 0.832. The van der Waals surface area contributed by atoms with Crippen LogP contribution in [-0.4, -0.2) is 144 Å². The van der Waals surface area contributed by atoms with Crippen LogP contribution in [0.2, 0.25) is 0 Å². The first-order chi connectivity index (χ1) is 59.5. The quantitative estimate of drug-likeness (QED) is 0.0130. The Labute approximate surface area is 718 Å². The number of hydrogen-bond donors (Lipinski definition) is 8. The van der Waals surface area contributed by atoms with Gasteiger partial charge in [0.15, 0.2) is 17.3 Å². The molecule has 0 fully saturated rings. The van der Waals surface area contributed by atoms with Gasteiger partial charge in [-0.1, -0.05) is 171 Å². The first kappa shape index (κ1) is 96.7. The van der Waals surface area contributed by atoms with E-state index in [0.717, 1.165) is 27.8 Å². The molecule has 0 saturated carbocycles. The number of ketones is 4. The number of nitrogens with two attached hydrogens (primary N) is 1. The predicted octanol–water partition coefficient (Wildman–Crippen LogP) is 13.8. The van der Waals surface area contributed by atoms with E-state index in [4.69, 9.17) is 43.6 Å². The molecule has 28 nitrogen and oxygen atoms in total. The number of ether oxygens (including phenoxy) is 8. The van der Waals surface area contributed by atoms with E-state index in [-0.39, 0.29) is 122 Å². The van der Waals surface area contributed by atoms with Gasteiger partial charge in [0.05, 0.1) is 68.8 Å². The molecule has 0 radical (unpaired) electrons. The fourth-order valence-corrected chi connectivity index (χ4v) is 13.1. The van der Waals surface area contributed by atoms with Crippen molar-refractivity contribution >= 4 is 71.1 Å². The summed E-state index contributed by atoms with van der Waals surface area (Å²) in [6, 6.07) is 54.3. The van der Waals surface area contributed by atoms with E-state index in [2.05, 4.69) is 37.2 Å². The molecule has 0 saturated heterocycles. The van der Waals surface area contributed by atoms with Gasteiger partial charge >= 0.3 is 24.4 Å². The van der Waals surface area contributed by atoms with Crippen LogP contribution in [0.5, 0.6) is 23.0 Å². The van der Waals surface area contributed by atoms with Crippen LogP contribution in [0, 0.1) is 12.8 Å². The first-order valence-electron chi connectivity index (χ1n) is 41.2. The number of Topliss-reactive ketones (excluding diaryl/α,β-unsaturated/α-hetero) is 4. The molecule has 8 rings (SSSR count). The normalized spacial score (nSPS) is 11.6. The molecule has 0 aliphatic rings. The third kappa shape index (κ3) is 34.7. The number of carbonyl (C=O) groups is 12. The Bertz CT molecular complexity index is 4760. The zero-order valence-electron chi connectivity index (χ0n) is 71.0. The number of unbranched alkanes of at least 4 members (excludes halogenated alkanes) is 4. The van der Waals surface area contributed by atoms with E-state index in [1.165, 1.54) is 40.6 Å². The van der Waals surface area contributed by atoms with Gasteiger partial charge in [0.2, 0.25) is 0 Å². The lowest BCUT2D eigenvalue weighted by molar-refractivity contribution is -0.122. The molecule has 4 atom stereocenters. The van der Waals surface area contributed by atoms with Gasteiger partial charge < -0.3 is 80.8 Å². The highest BCUT2D eigenvalue weighted by Crippen LogP contribution is 2.27. The second kappa shape index (κ2) is 53.3. The predicted molar refractivity (Wildman–Crippen MR) is 464 cm³/mol. The van der Waals surface area contributed by atoms with Crippen molar-refractivity contribution in [2.75, 3.05) is 54.6 Å². The smallest absolute Gasteiger partial charge is 0.407 e. The van der Waals surface area contributed by atoms with Crippen LogP contribution in [-0.2, 0) is 83.8 Å². The zero-order chi connectivity index (χ0) is 88.7. The minimum absolute atomic E-state index is 0.0316. The van der Waals surface area contributed by atoms with E-state index < -0.39 is 66.1 Å². The topological polar surface area (TPSA) is 389 Å². The monoisotopic (exact) mass is 1690 g/mol. The number of benzene rings is 8. The highest BCUT2D eigenvalue weighted by atomic mass is 16.6. The Morgan fingerprint density at radius 1 is 0.317 bits per heavy atom. The summed E-state index contributed by atoms with van der Waals surface area (Å²) in [6.45, 7) is 7.28. The van der Waals surface area contributed by atoms with E-state index in [9.17, 15) is 57.5 Å². The van der Waals surface area contributed by atoms with Crippen molar-refractivity contribution in [2.45, 2.75) is 168 Å². The Morgan fingerprint density at radius 2 is 0.593 bits per heavy atom. The SMILES string of the molecule is CCC(=O)[C@H](CCCCNC(=O)OCc1ccccc1)NC(=O)c1cc(CC(=O)[C@H](CCCCNC(=O)OCc2ccccc2)NC(=O)c2cc(CC(=O)[C@@H](C)CCCCNC(=O)OCc3ccccc3)ccc2OC)ccc1OC.COc1ccc(CC(=O)[C@H](CCCCNC(=O)OCc2ccccc2)NC(=O)c2cc(C)ccc2OC)cc1C(N)=O. The third-order valence-corrected chi connectivity index (χ3v) is 20.0. The maximum atomic E-state index is 14.4. The van der Waals surface area contributed by atoms with Crippen LogP contribution < -0.4 is 61.9 Å². The van der Waals surface area contributed by atoms with E-state index in [1.54, 1.807) is 61.5 Å². The van der Waals surface area contributed by atoms with Crippen LogP contribution in [0.4, 0.5) is 19.2 Å². The number of nitrogens with one attached hydrogen (secondary N) is 7. The van der Waals surface area contributed by atoms with Crippen LogP contribution in [0.3, 0.4) is 0 Å². The molecular formula is C95H114N8O20. The molecule has 654 valence electrons. The van der Waals surface area contributed by atoms with E-state index in [1.807, 2.05) is 141 Å². The summed E-state index contributed by atoms with van der Waals surface area (Å²) in [5.74, 6) is -2.27. The molecule has 0 heterocycles. The Morgan fingerprint density at radius 3 is 0.902 bits per heavy atom. The van der Waals surface area contributed by atoms with Gasteiger partial charge in [-0.2, -0.15) is 0 Å². The van der Waals surface area contributed by atoms with Crippen molar-refractivity contribution in [3.8, 4) is 23.0 Å². The molecule has 0 aromatic heterocycles. The van der Waals surface area contributed by atoms with Gasteiger partial charge in [0, 0.05) is 57.8 Å². The third-order valence-electron chi connectivity index (χ3n) is 20.0. The molecule has 9 N–H and O–H groups in total. The van der Waals surface area contributed by atoms with Crippen molar-refractivity contribution in [1.82, 2.24) is 37.2 Å². The molecule has 123 heavy (non-hydrogen) atoms. The van der Waals surface area contributed by atoms with Crippen molar-refractivity contribution < 1.29 is 95.4 Å². The Balaban J connectivity index is 0.000000414. The van der Waals surface area contributed by atoms with Crippen molar-refractivity contribution in [2.24, 2.45) is 11.7 Å². The number of primary amides is 1. The lowest BCUT2D eigenvalue weighted by Gasteiger charge is -2.20. The number of amides is 8. The van der Waals surface area contributed by atoms with Gasteiger partial charge in [-0.15, -0.1) is 0 Å². The summed E-state index contributed by atoms with van der Waals surface area (Å²) in [5, 5.41) is 19.5. The molecule has 0 bridgehead atoms. The molecule has 0 aliphatic heterocycles. The minimum atomic E-state index is -1.04. The highest BCUT2D eigenvalue weighted by molar-refractivity contribution is 6.03. The first-order valence-corrected chi connectivity index (χ1v) is 41.2. The van der Waals surface area contributed by atoms with Gasteiger partial charge in [-0.3, -0.25) is 38.4 Å². The molecule has 0 spiro atoms. The summed E-state index contributed by atoms with van der Waals surface area (Å²) in [4.78, 5) is 157. The summed E-state index contributed by atoms with van der Waals surface area (Å²) in [7, 11) is 5.73. The molecule has 8 aromatic rings. The fourth-order valence-electron chi connectivity index (χ4n) is 13.1. The highest BCUT2D eigenvalue weighted by Gasteiger charge is 2.29. The lowest BCUT2D eigenvalue weighted by atomic mass is 9.93.